The van der Waals surface area contributed by atoms with E-state index >= 15 is 0 Å². The summed E-state index contributed by atoms with van der Waals surface area (Å²) < 4.78 is 5.39. The van der Waals surface area contributed by atoms with Crippen LogP contribution in [0.15, 0.2) is 12.3 Å². The van der Waals surface area contributed by atoms with Gasteiger partial charge in [0, 0.05) is 6.42 Å². The third-order valence-corrected chi connectivity index (χ3v) is 1.77. The average Bonchev–Trinajstić information content (AvgIpc) is 1.78. The van der Waals surface area contributed by atoms with E-state index < -0.39 is 8.32 Å². The van der Waals surface area contributed by atoms with E-state index in [2.05, 4.69) is 19.6 Å². The molecule has 0 saturated carbocycles. The van der Waals surface area contributed by atoms with E-state index in [9.17, 15) is 4.79 Å². The molecule has 0 fully saturated rings. The van der Waals surface area contributed by atoms with Crippen molar-refractivity contribution in [3.63, 3.8) is 0 Å². The third kappa shape index (κ3) is 9.43. The van der Waals surface area contributed by atoms with Gasteiger partial charge in [0.05, 0.1) is 6.26 Å². The van der Waals surface area contributed by atoms with Gasteiger partial charge in [-0.25, -0.2) is 0 Å². The number of rotatable bonds is 4. The second-order valence-corrected chi connectivity index (χ2v) is 7.97. The number of Topliss-reactive ketones (excluding diaryl/α,β-unsaturated/α-hetero) is 1. The van der Waals surface area contributed by atoms with Crippen molar-refractivity contribution in [3.05, 3.63) is 12.3 Å². The second kappa shape index (κ2) is 4.33. The molecule has 0 aliphatic carbocycles. The second-order valence-electron chi connectivity index (χ2n) is 3.51. The van der Waals surface area contributed by atoms with Crippen LogP contribution in [0, 0.1) is 0 Å². The average molecular weight is 172 g/mol. The van der Waals surface area contributed by atoms with Gasteiger partial charge in [-0.15, -0.1) is 0 Å². The Hall–Kier alpha value is -0.573. The van der Waals surface area contributed by atoms with Crippen molar-refractivity contribution >= 4 is 14.1 Å². The summed E-state index contributed by atoms with van der Waals surface area (Å²) in [5.41, 5.74) is 0. The van der Waals surface area contributed by atoms with Crippen molar-refractivity contribution in [2.24, 2.45) is 0 Å². The third-order valence-electron chi connectivity index (χ3n) is 0.923. The van der Waals surface area contributed by atoms with E-state index in [0.717, 1.165) is 0 Å². The number of carbonyl (C=O) groups is 1. The van der Waals surface area contributed by atoms with E-state index in [1.165, 1.54) is 0 Å². The minimum atomic E-state index is -1.43. The Morgan fingerprint density at radius 2 is 2.00 bits per heavy atom. The SMILES string of the molecule is CC(=O)C/C=C/O[Si](C)(C)C. The molecule has 0 aliphatic rings. The molecule has 0 spiro atoms. The summed E-state index contributed by atoms with van der Waals surface area (Å²) in [6, 6.07) is 0. The Bertz CT molecular complexity index is 156. The largest absolute Gasteiger partial charge is 0.550 e. The molecule has 3 heteroatoms. The lowest BCUT2D eigenvalue weighted by atomic mass is 10.3. The van der Waals surface area contributed by atoms with Crippen molar-refractivity contribution < 1.29 is 9.22 Å². The van der Waals surface area contributed by atoms with Crippen LogP contribution in [0.3, 0.4) is 0 Å². The summed E-state index contributed by atoms with van der Waals surface area (Å²) in [6.07, 6.45) is 3.89. The molecule has 0 bridgehead atoms. The molecule has 0 rings (SSSR count). The number of allylic oxidation sites excluding steroid dienone is 1. The van der Waals surface area contributed by atoms with Crippen molar-refractivity contribution in [1.82, 2.24) is 0 Å². The minimum absolute atomic E-state index is 0.167. The molecule has 0 atom stereocenters. The van der Waals surface area contributed by atoms with Crippen molar-refractivity contribution in [2.75, 3.05) is 0 Å². The molecule has 11 heavy (non-hydrogen) atoms. The highest BCUT2D eigenvalue weighted by Gasteiger charge is 2.12. The molecule has 0 aliphatic heterocycles. The Balaban J connectivity index is 3.53. The maximum Gasteiger partial charge on any atom is 0.241 e. The van der Waals surface area contributed by atoms with Gasteiger partial charge in [-0.05, 0) is 32.6 Å². The Kier molecular flexibility index (Phi) is 4.11. The molecule has 0 aromatic heterocycles. The standard InChI is InChI=1S/C8H16O2Si/c1-8(9)6-5-7-10-11(2,3)4/h5,7H,6H2,1-4H3/b7-5+. The van der Waals surface area contributed by atoms with E-state index in [1.54, 1.807) is 19.3 Å². The van der Waals surface area contributed by atoms with Crippen LogP contribution < -0.4 is 0 Å². The first-order chi connectivity index (χ1) is 4.92. The van der Waals surface area contributed by atoms with Crippen LogP contribution in [0.4, 0.5) is 0 Å². The number of ketones is 1. The quantitative estimate of drug-likeness (QED) is 0.480. The first-order valence-corrected chi connectivity index (χ1v) is 7.15. The van der Waals surface area contributed by atoms with Crippen LogP contribution in [0.1, 0.15) is 13.3 Å². The van der Waals surface area contributed by atoms with Gasteiger partial charge in [-0.1, -0.05) is 0 Å². The lowest BCUT2D eigenvalue weighted by Crippen LogP contribution is -2.21. The first kappa shape index (κ1) is 10.4. The Morgan fingerprint density at radius 3 is 2.36 bits per heavy atom. The summed E-state index contributed by atoms with van der Waals surface area (Å²) in [5.74, 6) is 0.167. The van der Waals surface area contributed by atoms with Gasteiger partial charge in [-0.2, -0.15) is 0 Å². The van der Waals surface area contributed by atoms with Gasteiger partial charge < -0.3 is 4.43 Å². The van der Waals surface area contributed by atoms with Crippen molar-refractivity contribution in [1.29, 1.82) is 0 Å². The zero-order valence-corrected chi connectivity index (χ0v) is 8.68. The Labute approximate surface area is 69.4 Å². The van der Waals surface area contributed by atoms with Crippen LogP contribution in [0.5, 0.6) is 0 Å². The van der Waals surface area contributed by atoms with Gasteiger partial charge >= 0.3 is 0 Å². The molecule has 0 aromatic carbocycles. The highest BCUT2D eigenvalue weighted by atomic mass is 28.4. The fourth-order valence-corrected chi connectivity index (χ4v) is 0.971. The molecule has 0 N–H and O–H groups in total. The van der Waals surface area contributed by atoms with Crippen LogP contribution >= 0.6 is 0 Å². The predicted octanol–water partition coefficient (Wildman–Crippen LogP) is 2.33. The molecule has 0 heterocycles. The lowest BCUT2D eigenvalue weighted by molar-refractivity contribution is -0.116. The molecule has 0 amide bonds. The van der Waals surface area contributed by atoms with Crippen LogP contribution in [-0.4, -0.2) is 14.1 Å². The molecule has 0 radical (unpaired) electrons. The molecule has 0 saturated heterocycles. The molecule has 64 valence electrons. The highest BCUT2D eigenvalue weighted by Crippen LogP contribution is 2.02. The fraction of sp³-hybridized carbons (Fsp3) is 0.625. The maximum absolute atomic E-state index is 10.5. The van der Waals surface area contributed by atoms with Crippen molar-refractivity contribution in [3.8, 4) is 0 Å². The van der Waals surface area contributed by atoms with Crippen LogP contribution in [-0.2, 0) is 9.22 Å². The Morgan fingerprint density at radius 1 is 1.45 bits per heavy atom. The molecular formula is C8H16O2Si. The number of hydrogen-bond acceptors (Lipinski definition) is 2. The smallest absolute Gasteiger partial charge is 0.241 e. The minimum Gasteiger partial charge on any atom is -0.550 e. The molecular weight excluding hydrogens is 156 g/mol. The van der Waals surface area contributed by atoms with Crippen LogP contribution in [0.2, 0.25) is 19.6 Å². The molecule has 0 unspecified atom stereocenters. The van der Waals surface area contributed by atoms with E-state index in [-0.39, 0.29) is 5.78 Å². The molecule has 2 nitrogen and oxygen atoms in total. The summed E-state index contributed by atoms with van der Waals surface area (Å²) in [7, 11) is -1.43. The first-order valence-electron chi connectivity index (χ1n) is 3.74. The van der Waals surface area contributed by atoms with Crippen LogP contribution in [0.25, 0.3) is 0 Å². The van der Waals surface area contributed by atoms with Crippen molar-refractivity contribution in [2.45, 2.75) is 33.0 Å². The van der Waals surface area contributed by atoms with E-state index in [4.69, 9.17) is 4.43 Å². The summed E-state index contributed by atoms with van der Waals surface area (Å²) in [4.78, 5) is 10.5. The summed E-state index contributed by atoms with van der Waals surface area (Å²) in [6.45, 7) is 7.88. The molecule has 0 aromatic rings. The van der Waals surface area contributed by atoms with E-state index in [1.807, 2.05) is 0 Å². The number of hydrogen-bond donors (Lipinski definition) is 0. The van der Waals surface area contributed by atoms with Gasteiger partial charge in [0.2, 0.25) is 8.32 Å². The van der Waals surface area contributed by atoms with Gasteiger partial charge in [0.25, 0.3) is 0 Å². The lowest BCUT2D eigenvalue weighted by Gasteiger charge is -2.14. The zero-order valence-electron chi connectivity index (χ0n) is 7.68. The van der Waals surface area contributed by atoms with Gasteiger partial charge in [0.1, 0.15) is 5.78 Å². The van der Waals surface area contributed by atoms with Gasteiger partial charge in [0.15, 0.2) is 0 Å². The summed E-state index contributed by atoms with van der Waals surface area (Å²) >= 11 is 0. The predicted molar refractivity (Wildman–Crippen MR) is 48.9 cm³/mol. The summed E-state index contributed by atoms with van der Waals surface area (Å²) in [5, 5.41) is 0. The topological polar surface area (TPSA) is 26.3 Å². The highest BCUT2D eigenvalue weighted by molar-refractivity contribution is 6.69. The normalized spacial score (nSPS) is 12.0. The van der Waals surface area contributed by atoms with Gasteiger partial charge in [-0.3, -0.25) is 4.79 Å². The zero-order chi connectivity index (χ0) is 8.91. The maximum atomic E-state index is 10.5. The monoisotopic (exact) mass is 172 g/mol. The van der Waals surface area contributed by atoms with E-state index in [0.29, 0.717) is 6.42 Å². The fourth-order valence-electron chi connectivity index (χ4n) is 0.466. The number of carbonyl (C=O) groups excluding carboxylic acids is 1.